The van der Waals surface area contributed by atoms with Crippen LogP contribution >= 0.6 is 0 Å². The largest absolute Gasteiger partial charge is 0.378 e. The average molecular weight is 301 g/mol. The lowest BCUT2D eigenvalue weighted by atomic mass is 10.2. The van der Waals surface area contributed by atoms with Crippen molar-refractivity contribution >= 4 is 5.82 Å². The fourth-order valence-electron chi connectivity index (χ4n) is 2.89. The number of rotatable bonds is 3. The Labute approximate surface area is 128 Å². The SMILES string of the molecule is c1cc(N2CCOCC2)ncc1-c1noc([C@@H]2CCCN2)n1. The Hall–Kier alpha value is -1.99. The van der Waals surface area contributed by atoms with E-state index in [4.69, 9.17) is 9.26 Å². The summed E-state index contributed by atoms with van der Waals surface area (Å²) >= 11 is 0. The van der Waals surface area contributed by atoms with Crippen LogP contribution in [0.15, 0.2) is 22.9 Å². The molecule has 0 amide bonds. The highest BCUT2D eigenvalue weighted by atomic mass is 16.5. The lowest BCUT2D eigenvalue weighted by Crippen LogP contribution is -2.36. The van der Waals surface area contributed by atoms with Crippen molar-refractivity contribution < 1.29 is 9.26 Å². The zero-order chi connectivity index (χ0) is 14.8. The lowest BCUT2D eigenvalue weighted by Gasteiger charge is -2.27. The maximum atomic E-state index is 5.37. The fourth-order valence-corrected chi connectivity index (χ4v) is 2.89. The van der Waals surface area contributed by atoms with Crippen molar-refractivity contribution in [3.8, 4) is 11.4 Å². The molecule has 1 atom stereocenters. The van der Waals surface area contributed by atoms with Crippen molar-refractivity contribution in [2.75, 3.05) is 37.7 Å². The summed E-state index contributed by atoms with van der Waals surface area (Å²) in [6.07, 6.45) is 4.01. The van der Waals surface area contributed by atoms with E-state index in [0.29, 0.717) is 11.7 Å². The molecule has 0 radical (unpaired) electrons. The minimum Gasteiger partial charge on any atom is -0.378 e. The van der Waals surface area contributed by atoms with Crippen molar-refractivity contribution in [1.29, 1.82) is 0 Å². The van der Waals surface area contributed by atoms with E-state index in [-0.39, 0.29) is 6.04 Å². The predicted octanol–water partition coefficient (Wildman–Crippen LogP) is 1.39. The Morgan fingerprint density at radius 2 is 2.14 bits per heavy atom. The number of hydrogen-bond acceptors (Lipinski definition) is 7. The third-order valence-electron chi connectivity index (χ3n) is 4.14. The molecule has 7 heteroatoms. The highest BCUT2D eigenvalue weighted by Gasteiger charge is 2.22. The molecular formula is C15H19N5O2. The number of nitrogens with one attached hydrogen (secondary N) is 1. The second kappa shape index (κ2) is 6.02. The van der Waals surface area contributed by atoms with Gasteiger partial charge in [0.25, 0.3) is 0 Å². The van der Waals surface area contributed by atoms with E-state index >= 15 is 0 Å². The third kappa shape index (κ3) is 2.69. The minimum absolute atomic E-state index is 0.196. The van der Waals surface area contributed by atoms with Gasteiger partial charge in [0.05, 0.1) is 19.3 Å². The van der Waals surface area contributed by atoms with Crippen LogP contribution in [-0.4, -0.2) is 48.0 Å². The quantitative estimate of drug-likeness (QED) is 0.918. The number of hydrogen-bond donors (Lipinski definition) is 1. The summed E-state index contributed by atoms with van der Waals surface area (Å²) in [6.45, 7) is 4.29. The molecule has 4 heterocycles. The van der Waals surface area contributed by atoms with E-state index < -0.39 is 0 Å². The number of nitrogens with zero attached hydrogens (tertiary/aromatic N) is 4. The first-order valence-electron chi connectivity index (χ1n) is 7.76. The van der Waals surface area contributed by atoms with Crippen LogP contribution in [0, 0.1) is 0 Å². The summed E-state index contributed by atoms with van der Waals surface area (Å²) in [5.74, 6) is 2.24. The van der Waals surface area contributed by atoms with Crippen molar-refractivity contribution in [2.24, 2.45) is 0 Å². The van der Waals surface area contributed by atoms with E-state index in [2.05, 4.69) is 25.3 Å². The van der Waals surface area contributed by atoms with Gasteiger partial charge in [0, 0.05) is 24.8 Å². The van der Waals surface area contributed by atoms with Crippen molar-refractivity contribution in [2.45, 2.75) is 18.9 Å². The van der Waals surface area contributed by atoms with Gasteiger partial charge in [-0.3, -0.25) is 0 Å². The van der Waals surface area contributed by atoms with Crippen LogP contribution in [0.5, 0.6) is 0 Å². The maximum absolute atomic E-state index is 5.37. The van der Waals surface area contributed by atoms with Crippen molar-refractivity contribution in [3.63, 3.8) is 0 Å². The minimum atomic E-state index is 0.196. The molecule has 0 spiro atoms. The summed E-state index contributed by atoms with van der Waals surface area (Å²) < 4.78 is 10.7. The van der Waals surface area contributed by atoms with Crippen LogP contribution in [0.25, 0.3) is 11.4 Å². The summed E-state index contributed by atoms with van der Waals surface area (Å²) in [4.78, 5) is 11.2. The van der Waals surface area contributed by atoms with Gasteiger partial charge >= 0.3 is 0 Å². The van der Waals surface area contributed by atoms with Crippen LogP contribution in [0.1, 0.15) is 24.8 Å². The second-order valence-electron chi connectivity index (χ2n) is 5.61. The maximum Gasteiger partial charge on any atom is 0.244 e. The van der Waals surface area contributed by atoms with Crippen LogP contribution in [0.4, 0.5) is 5.82 Å². The van der Waals surface area contributed by atoms with Crippen LogP contribution in [0.3, 0.4) is 0 Å². The Balaban J connectivity index is 1.50. The molecule has 2 fully saturated rings. The Morgan fingerprint density at radius 3 is 2.86 bits per heavy atom. The number of aromatic nitrogens is 3. The molecular weight excluding hydrogens is 282 g/mol. The lowest BCUT2D eigenvalue weighted by molar-refractivity contribution is 0.122. The molecule has 2 aromatic heterocycles. The molecule has 22 heavy (non-hydrogen) atoms. The van der Waals surface area contributed by atoms with Gasteiger partial charge in [-0.2, -0.15) is 4.98 Å². The normalized spacial score (nSPS) is 22.2. The third-order valence-corrected chi connectivity index (χ3v) is 4.14. The molecule has 0 bridgehead atoms. The van der Waals surface area contributed by atoms with Gasteiger partial charge in [0.15, 0.2) is 0 Å². The molecule has 7 nitrogen and oxygen atoms in total. The molecule has 1 N–H and O–H groups in total. The second-order valence-corrected chi connectivity index (χ2v) is 5.61. The van der Waals surface area contributed by atoms with Crippen LogP contribution < -0.4 is 10.2 Å². The first-order chi connectivity index (χ1) is 10.9. The molecule has 0 aromatic carbocycles. The van der Waals surface area contributed by atoms with E-state index in [1.807, 2.05) is 18.3 Å². The Morgan fingerprint density at radius 1 is 1.23 bits per heavy atom. The van der Waals surface area contributed by atoms with Gasteiger partial charge in [0.2, 0.25) is 11.7 Å². The molecule has 2 aromatic rings. The van der Waals surface area contributed by atoms with E-state index in [1.54, 1.807) is 0 Å². The predicted molar refractivity (Wildman–Crippen MR) is 80.5 cm³/mol. The number of ether oxygens (including phenoxy) is 1. The summed E-state index contributed by atoms with van der Waals surface area (Å²) in [5, 5.41) is 7.43. The molecule has 2 aliphatic heterocycles. The first-order valence-corrected chi connectivity index (χ1v) is 7.76. The summed E-state index contributed by atoms with van der Waals surface area (Å²) in [5.41, 5.74) is 0.880. The highest BCUT2D eigenvalue weighted by Crippen LogP contribution is 2.24. The summed E-state index contributed by atoms with van der Waals surface area (Å²) in [7, 11) is 0. The number of morpholine rings is 1. The Kier molecular flexibility index (Phi) is 3.74. The molecule has 2 aliphatic rings. The fraction of sp³-hybridized carbons (Fsp3) is 0.533. The van der Waals surface area contributed by atoms with Gasteiger partial charge in [0.1, 0.15) is 5.82 Å². The smallest absolute Gasteiger partial charge is 0.244 e. The van der Waals surface area contributed by atoms with Gasteiger partial charge in [-0.25, -0.2) is 4.98 Å². The first kappa shape index (κ1) is 13.7. The van der Waals surface area contributed by atoms with Crippen molar-refractivity contribution in [3.05, 3.63) is 24.2 Å². The molecule has 0 aliphatic carbocycles. The van der Waals surface area contributed by atoms with Crippen LogP contribution in [0.2, 0.25) is 0 Å². The Bertz CT molecular complexity index is 615. The number of anilines is 1. The zero-order valence-corrected chi connectivity index (χ0v) is 12.4. The molecule has 0 saturated carbocycles. The van der Waals surface area contributed by atoms with E-state index in [9.17, 15) is 0 Å². The van der Waals surface area contributed by atoms with Crippen LogP contribution in [-0.2, 0) is 4.74 Å². The average Bonchev–Trinajstić information content (AvgIpc) is 3.27. The van der Waals surface area contributed by atoms with Crippen molar-refractivity contribution in [1.82, 2.24) is 20.4 Å². The summed E-state index contributed by atoms with van der Waals surface area (Å²) in [6, 6.07) is 4.20. The molecule has 4 rings (SSSR count). The topological polar surface area (TPSA) is 76.3 Å². The highest BCUT2D eigenvalue weighted by molar-refractivity contribution is 5.56. The molecule has 2 saturated heterocycles. The van der Waals surface area contributed by atoms with Gasteiger partial charge in [-0.05, 0) is 31.5 Å². The zero-order valence-electron chi connectivity index (χ0n) is 12.4. The molecule has 116 valence electrons. The van der Waals surface area contributed by atoms with Gasteiger partial charge < -0.3 is 19.5 Å². The van der Waals surface area contributed by atoms with E-state index in [1.165, 1.54) is 0 Å². The standard InChI is InChI=1S/C15H19N5O2/c1-2-12(16-5-1)15-18-14(19-22-15)11-3-4-13(17-10-11)20-6-8-21-9-7-20/h3-4,10,12,16H,1-2,5-9H2/t12-/m0/s1. The van der Waals surface area contributed by atoms with Gasteiger partial charge in [-0.15, -0.1) is 0 Å². The molecule has 0 unspecified atom stereocenters. The monoisotopic (exact) mass is 301 g/mol. The van der Waals surface area contributed by atoms with Gasteiger partial charge in [-0.1, -0.05) is 5.16 Å². The number of pyridine rings is 1. The van der Waals surface area contributed by atoms with E-state index in [0.717, 1.165) is 57.1 Å².